The fourth-order valence-electron chi connectivity index (χ4n) is 9.80. The molecule has 0 radical (unpaired) electrons. The molecule has 21 N–H and O–H groups in total. The van der Waals surface area contributed by atoms with E-state index in [1.807, 2.05) is 55.4 Å². The van der Waals surface area contributed by atoms with E-state index in [2.05, 4.69) is 302 Å². The van der Waals surface area contributed by atoms with Crippen molar-refractivity contribution in [1.82, 2.24) is 78.1 Å². The SMILES string of the molecule is C.C.CC(C)(C)C(=O)O.CC(C)(C)C(N)=O.CC(C)(C)NC(C)(C)CO.CC(C)(C)NC1COC1.CC(C)(C)NCC(O)CO.CC(C)(C)NCCN1CCCC1.CC(C)(C)NCCN1CCOCC1.CC(C)(C)NCCO.CC(C)(C)NCCOCCO.CC(C)(O)CNC(C)(C)C.CCC(CO)NC(C)(C)C.CN(C)C(=O)C(C)(C)C.CN(C)CCNC(C)(C)C.COCCNC(C)(C)C. The van der Waals surface area contributed by atoms with Gasteiger partial charge in [-0.15, -0.1) is 0 Å². The van der Waals surface area contributed by atoms with E-state index in [-0.39, 0.29) is 143 Å². The molecule has 0 aliphatic carbocycles. The topological polar surface area (TPSA) is 421 Å². The highest BCUT2D eigenvalue weighted by Gasteiger charge is 2.27. The highest BCUT2D eigenvalue weighted by atomic mass is 16.5. The Hall–Kier alpha value is -2.59. The minimum absolute atomic E-state index is 0. The summed E-state index contributed by atoms with van der Waals surface area (Å²) in [6, 6.07) is 0.852. The van der Waals surface area contributed by atoms with Gasteiger partial charge in [0.15, 0.2) is 0 Å². The largest absolute Gasteiger partial charge is 0.481 e. The number of β-amino-alcohol motifs (C(OH)–C–C–N with tert-alkyl or cyclic N) is 3. The van der Waals surface area contributed by atoms with Gasteiger partial charge in [0.05, 0.1) is 102 Å². The summed E-state index contributed by atoms with van der Waals surface area (Å²) in [5.74, 6) is -0.845. The Labute approximate surface area is 850 Å². The third-order valence-electron chi connectivity index (χ3n) is 16.8. The highest BCUT2D eigenvalue weighted by molar-refractivity contribution is 5.81. The lowest BCUT2D eigenvalue weighted by atomic mass is 9.95. The number of aliphatic carboxylic acids is 1. The van der Waals surface area contributed by atoms with Crippen LogP contribution in [0.15, 0.2) is 0 Å². The lowest BCUT2D eigenvalue weighted by molar-refractivity contribution is -0.145. The number of methoxy groups -OCH3 is 1. The van der Waals surface area contributed by atoms with Crippen molar-refractivity contribution in [3.8, 4) is 0 Å². The molecule has 0 aromatic heterocycles. The molecule has 3 rings (SSSR count). The lowest BCUT2D eigenvalue weighted by Crippen LogP contribution is -2.53. The number of aliphatic hydroxyl groups excluding tert-OH is 6. The third kappa shape index (κ3) is 164. The molecule has 0 spiro atoms. The molecule has 3 fully saturated rings. The zero-order chi connectivity index (χ0) is 110. The van der Waals surface area contributed by atoms with Gasteiger partial charge in [0.1, 0.15) is 0 Å². The van der Waals surface area contributed by atoms with E-state index in [9.17, 15) is 19.5 Å². The molecule has 842 valence electrons. The predicted octanol–water partition coefficient (Wildman–Crippen LogP) is 12.8. The van der Waals surface area contributed by atoms with Crippen LogP contribution in [0, 0.1) is 16.2 Å². The zero-order valence-electron chi connectivity index (χ0n) is 98.7. The van der Waals surface area contributed by atoms with Gasteiger partial charge in [-0.3, -0.25) is 19.3 Å². The van der Waals surface area contributed by atoms with Crippen molar-refractivity contribution >= 4 is 17.8 Å². The first-order valence-corrected chi connectivity index (χ1v) is 49.9. The Morgan fingerprint density at radius 1 is 0.438 bits per heavy atom. The number of carboxylic acids is 1. The minimum atomic E-state index is -0.757. The molecule has 3 saturated heterocycles. The van der Waals surface area contributed by atoms with Crippen LogP contribution < -0.4 is 64.2 Å². The van der Waals surface area contributed by atoms with Crippen molar-refractivity contribution < 1.29 is 74.2 Å². The van der Waals surface area contributed by atoms with E-state index in [4.69, 9.17) is 60.4 Å². The van der Waals surface area contributed by atoms with E-state index in [0.717, 1.165) is 98.4 Å². The molecule has 2 unspecified atom stereocenters. The molecular weight excluding hydrogens is 1740 g/mol. The first-order valence-electron chi connectivity index (χ1n) is 49.9. The van der Waals surface area contributed by atoms with Crippen molar-refractivity contribution in [3.05, 3.63) is 0 Å². The van der Waals surface area contributed by atoms with Crippen molar-refractivity contribution in [2.75, 3.05) is 213 Å². The third-order valence-corrected chi connectivity index (χ3v) is 16.8. The van der Waals surface area contributed by atoms with E-state index in [0.29, 0.717) is 38.9 Å². The second-order valence-electron chi connectivity index (χ2n) is 51.1. The van der Waals surface area contributed by atoms with Gasteiger partial charge in [0.25, 0.3) is 0 Å². The number of carbonyl (C=O) groups is 3. The van der Waals surface area contributed by atoms with Crippen LogP contribution in [0.1, 0.15) is 360 Å². The fourth-order valence-corrected chi connectivity index (χ4v) is 9.80. The van der Waals surface area contributed by atoms with E-state index < -0.39 is 23.1 Å². The van der Waals surface area contributed by atoms with Crippen LogP contribution in [-0.4, -0.2) is 381 Å². The number of rotatable bonds is 30. The average Bonchev–Trinajstić information content (AvgIpc) is 1.21. The number of likely N-dealkylation sites (N-methyl/N-ethyl adjacent to an activating group) is 1. The number of hydrogen-bond acceptors (Lipinski definition) is 28. The number of amides is 2. The summed E-state index contributed by atoms with van der Waals surface area (Å²) in [4.78, 5) is 40.1. The van der Waals surface area contributed by atoms with E-state index in [1.54, 1.807) is 81.5 Å². The number of primary amides is 1. The van der Waals surface area contributed by atoms with Crippen molar-refractivity contribution in [2.24, 2.45) is 22.0 Å². The summed E-state index contributed by atoms with van der Waals surface area (Å²) in [6.45, 7) is 117. The standard InChI is InChI=1S/C10H22N2O.C10H22N2.C8H20N2.C8H19NO2.3C8H19NO.C7H17NO2.2C7H15NO.C7H17NO.C6H15NO.C5H11NO.C5H10O2.2CH4/c1-10(2,3)11-4-5-12-6-8-13-9-7-12;1-10(2,3)11-6-9-12-7-4-5-8-12;1-8(2,3)9-6-7-10(4)5;1-8(2,3)9-4-6-11-7-5-10;1-7(2,3)9-8(4,5)6-10;1-7(2,3)9-6-8(4,5)10;1-5-7(6-10)9-8(2,3)4;1-7(2,3)8-4-6(10)5-9;1-7(2,3)8-6-4-9-5-6;1-7(2,3)6(9)8(4)5;1-7(2,3)8-5-6-9-4;1-6(2,3)7-4-5-8;2*1-5(2,3)4(6)7;;/h11H,4-9H2,1-3H3;11H,4-9H2,1-3H3;9H,6-7H2,1-5H3;9-10H,4-7H2,1-3H3;2*9-10H,6H2,1-5H3;7,9-10H,5-6H2,1-4H3;6,8-10H,4-5H2,1-3H3;6,8H,4-5H2,1-3H3;1-5H3;8H,5-6H2,1-4H3;7-8H,4-5H2,1-3H3;1-3H3,(H2,6,7);1-3H3,(H,6,7);2*1H4. The van der Waals surface area contributed by atoms with Gasteiger partial charge < -0.3 is 139 Å². The number of morpholine rings is 1. The number of carbonyl (C=O) groups excluding carboxylic acids is 2. The number of likely N-dealkylation sites (tertiary alicyclic amines) is 1. The molecule has 0 bridgehead atoms. The van der Waals surface area contributed by atoms with Crippen LogP contribution >= 0.6 is 0 Å². The summed E-state index contributed by atoms with van der Waals surface area (Å²) in [5.41, 5.74) is 4.82. The Kier molecular flexibility index (Phi) is 97.7. The van der Waals surface area contributed by atoms with E-state index >= 15 is 0 Å². The number of hydrogen-bond donors (Lipinski definition) is 20. The van der Waals surface area contributed by atoms with Crippen LogP contribution in [0.3, 0.4) is 0 Å². The number of carboxylic acid groups (broad SMARTS) is 1. The normalized spacial score (nSPS) is 14.7. The predicted molar refractivity (Wildman–Crippen MR) is 593 cm³/mol. The number of ether oxygens (including phenoxy) is 4. The first-order chi connectivity index (χ1) is 60.0. The molecule has 137 heavy (non-hydrogen) atoms. The Morgan fingerprint density at radius 3 is 0.993 bits per heavy atom. The number of nitrogens with one attached hydrogen (secondary N) is 11. The van der Waals surface area contributed by atoms with Gasteiger partial charge in [-0.2, -0.15) is 0 Å². The maximum atomic E-state index is 11.1. The number of nitrogens with zero attached hydrogens (tertiary/aromatic N) is 4. The summed E-state index contributed by atoms with van der Waals surface area (Å²) in [6.07, 6.45) is 3.14. The van der Waals surface area contributed by atoms with Gasteiger partial charge in [0.2, 0.25) is 11.8 Å². The maximum absolute atomic E-state index is 11.1. The van der Waals surface area contributed by atoms with Crippen LogP contribution in [-0.2, 0) is 33.3 Å². The molecule has 0 saturated carbocycles. The second-order valence-corrected chi connectivity index (χ2v) is 51.1. The van der Waals surface area contributed by atoms with Gasteiger partial charge in [-0.1, -0.05) is 63.3 Å². The van der Waals surface area contributed by atoms with Gasteiger partial charge in [-0.25, -0.2) is 0 Å². The monoisotopic (exact) mass is 1990 g/mol. The summed E-state index contributed by atoms with van der Waals surface area (Å²) in [5, 5.41) is 106. The smallest absolute Gasteiger partial charge is 0.308 e. The minimum Gasteiger partial charge on any atom is -0.481 e. The van der Waals surface area contributed by atoms with Gasteiger partial charge >= 0.3 is 5.97 Å². The lowest BCUT2D eigenvalue weighted by Gasteiger charge is -2.33. The quantitative estimate of drug-likeness (QED) is 0.0297. The molecule has 31 heteroatoms. The molecule has 3 heterocycles. The molecule has 3 aliphatic rings. The molecule has 31 nitrogen and oxygen atoms in total. The van der Waals surface area contributed by atoms with Gasteiger partial charge in [-0.05, 0) is 323 Å². The van der Waals surface area contributed by atoms with Crippen molar-refractivity contribution in [2.45, 2.75) is 450 Å². The molecular formula is C106H248N16O15. The Balaban J connectivity index is -0.000000110. The molecule has 2 atom stereocenters. The van der Waals surface area contributed by atoms with E-state index in [1.165, 1.54) is 32.5 Å². The summed E-state index contributed by atoms with van der Waals surface area (Å²) in [7, 11) is 9.43. The number of aliphatic hydroxyl groups is 7. The van der Waals surface area contributed by atoms with Crippen LogP contribution in [0.5, 0.6) is 0 Å². The molecule has 0 aromatic carbocycles. The summed E-state index contributed by atoms with van der Waals surface area (Å²) >= 11 is 0. The average molecular weight is 1990 g/mol. The highest BCUT2D eigenvalue weighted by Crippen LogP contribution is 2.17. The van der Waals surface area contributed by atoms with Gasteiger partial charge in [0, 0.05) is 190 Å². The number of nitrogens with two attached hydrogens (primary N) is 1. The molecule has 2 amide bonds. The first kappa shape index (κ1) is 162. The molecule has 3 aliphatic heterocycles. The van der Waals surface area contributed by atoms with Crippen molar-refractivity contribution in [1.29, 1.82) is 0 Å². The van der Waals surface area contributed by atoms with Crippen LogP contribution in [0.4, 0.5) is 0 Å². The second kappa shape index (κ2) is 82.5. The Morgan fingerprint density at radius 2 is 0.788 bits per heavy atom. The van der Waals surface area contributed by atoms with Crippen LogP contribution in [0.2, 0.25) is 0 Å². The van der Waals surface area contributed by atoms with Crippen molar-refractivity contribution in [3.63, 3.8) is 0 Å². The zero-order valence-corrected chi connectivity index (χ0v) is 98.7. The molecule has 0 aromatic rings. The Bertz CT molecular complexity index is 2610. The fraction of sp³-hybridized carbons (Fsp3) is 0.972. The van der Waals surface area contributed by atoms with Crippen LogP contribution in [0.25, 0.3) is 0 Å². The summed E-state index contributed by atoms with van der Waals surface area (Å²) < 4.78 is 20.2. The maximum Gasteiger partial charge on any atom is 0.308 e.